The summed E-state index contributed by atoms with van der Waals surface area (Å²) in [6.45, 7) is 0. The first-order valence-corrected chi connectivity index (χ1v) is 8.91. The minimum atomic E-state index is 0.615. The molecule has 0 aromatic carbocycles. The molecule has 0 aromatic rings. The number of halogens is 4. The van der Waals surface area contributed by atoms with E-state index in [1.165, 1.54) is 11.1 Å². The quantitative estimate of drug-likeness (QED) is 0.545. The van der Waals surface area contributed by atoms with Crippen LogP contribution in [0.2, 0.25) is 0 Å². The molecule has 0 saturated heterocycles. The normalized spacial score (nSPS) is 27.1. The lowest BCUT2D eigenvalue weighted by molar-refractivity contribution is 0.567. The molecular weight excluding hydrogens is 440 g/mol. The maximum absolute atomic E-state index is 3.57. The maximum atomic E-state index is 3.57. The topological polar surface area (TPSA) is 0 Å². The molecule has 1 rings (SSSR count). The lowest BCUT2D eigenvalue weighted by Crippen LogP contribution is -2.19. The first kappa shape index (κ1) is 13.5. The smallest absolute Gasteiger partial charge is 0.0282 e. The third-order valence-electron chi connectivity index (χ3n) is 2.44. The predicted octanol–water partition coefficient (Wildman–Crippen LogP) is 4.66. The van der Waals surface area contributed by atoms with Crippen LogP contribution in [0, 0.1) is 11.8 Å². The van der Waals surface area contributed by atoms with Crippen molar-refractivity contribution in [3.63, 3.8) is 0 Å². The number of hydrogen-bond acceptors (Lipinski definition) is 0. The van der Waals surface area contributed by atoms with E-state index in [0.29, 0.717) is 11.8 Å². The van der Waals surface area contributed by atoms with Gasteiger partial charge in [-0.05, 0) is 23.0 Å². The summed E-state index contributed by atoms with van der Waals surface area (Å²) in [6, 6.07) is 0. The van der Waals surface area contributed by atoms with Crippen LogP contribution in [0.15, 0.2) is 23.3 Å². The van der Waals surface area contributed by atoms with Gasteiger partial charge >= 0.3 is 0 Å². The van der Waals surface area contributed by atoms with E-state index < -0.39 is 0 Å². The van der Waals surface area contributed by atoms with Crippen molar-refractivity contribution < 1.29 is 0 Å². The molecule has 0 aromatic heterocycles. The van der Waals surface area contributed by atoms with Gasteiger partial charge in [-0.3, -0.25) is 0 Å². The standard InChI is InChI=1S/C10H12Br4/c11-3-7-1-8(4-12)10(6-14)2-9(7)5-13/h1-2,7,9H,3-6H2. The van der Waals surface area contributed by atoms with E-state index in [0.717, 1.165) is 21.3 Å². The maximum Gasteiger partial charge on any atom is 0.0282 e. The molecule has 0 N–H and O–H groups in total. The van der Waals surface area contributed by atoms with Crippen LogP contribution in [-0.2, 0) is 0 Å². The molecule has 0 amide bonds. The first-order valence-electron chi connectivity index (χ1n) is 4.42. The second-order valence-electron chi connectivity index (χ2n) is 3.29. The van der Waals surface area contributed by atoms with E-state index in [1.807, 2.05) is 0 Å². The molecule has 4 heteroatoms. The fourth-order valence-electron chi connectivity index (χ4n) is 1.56. The monoisotopic (exact) mass is 448 g/mol. The molecule has 1 aliphatic rings. The van der Waals surface area contributed by atoms with Gasteiger partial charge < -0.3 is 0 Å². The second kappa shape index (κ2) is 6.87. The molecule has 0 bridgehead atoms. The summed E-state index contributed by atoms with van der Waals surface area (Å²) in [4.78, 5) is 0. The van der Waals surface area contributed by atoms with Crippen LogP contribution in [0.4, 0.5) is 0 Å². The Labute approximate surface area is 119 Å². The van der Waals surface area contributed by atoms with Crippen LogP contribution in [0.5, 0.6) is 0 Å². The Hall–Kier alpha value is 1.40. The van der Waals surface area contributed by atoms with Crippen molar-refractivity contribution in [2.24, 2.45) is 11.8 Å². The zero-order valence-corrected chi connectivity index (χ0v) is 14.0. The number of alkyl halides is 4. The zero-order valence-electron chi connectivity index (χ0n) is 7.65. The van der Waals surface area contributed by atoms with Crippen molar-refractivity contribution in [3.8, 4) is 0 Å². The summed E-state index contributed by atoms with van der Waals surface area (Å²) >= 11 is 14.2. The lowest BCUT2D eigenvalue weighted by Gasteiger charge is -2.26. The van der Waals surface area contributed by atoms with Gasteiger partial charge in [-0.15, -0.1) is 0 Å². The van der Waals surface area contributed by atoms with Crippen LogP contribution in [0.25, 0.3) is 0 Å². The van der Waals surface area contributed by atoms with Gasteiger partial charge in [0, 0.05) is 21.3 Å². The zero-order chi connectivity index (χ0) is 10.6. The Morgan fingerprint density at radius 3 is 1.36 bits per heavy atom. The highest BCUT2D eigenvalue weighted by atomic mass is 79.9. The van der Waals surface area contributed by atoms with Crippen molar-refractivity contribution >= 4 is 63.7 Å². The molecule has 0 heterocycles. The van der Waals surface area contributed by atoms with Crippen LogP contribution >= 0.6 is 63.7 Å². The summed E-state index contributed by atoms with van der Waals surface area (Å²) < 4.78 is 0. The summed E-state index contributed by atoms with van der Waals surface area (Å²) in [5.41, 5.74) is 2.84. The van der Waals surface area contributed by atoms with Crippen LogP contribution in [0.1, 0.15) is 0 Å². The molecule has 0 radical (unpaired) electrons. The van der Waals surface area contributed by atoms with Crippen molar-refractivity contribution in [3.05, 3.63) is 23.3 Å². The highest BCUT2D eigenvalue weighted by Gasteiger charge is 2.22. The van der Waals surface area contributed by atoms with E-state index >= 15 is 0 Å². The number of rotatable bonds is 4. The van der Waals surface area contributed by atoms with Gasteiger partial charge in [0.2, 0.25) is 0 Å². The Morgan fingerprint density at radius 1 is 0.786 bits per heavy atom. The summed E-state index contributed by atoms with van der Waals surface area (Å²) in [6.07, 6.45) is 4.76. The largest absolute Gasteiger partial charge is 0.0921 e. The number of hydrogen-bond donors (Lipinski definition) is 0. The third-order valence-corrected chi connectivity index (χ3v) is 5.14. The highest BCUT2D eigenvalue weighted by Crippen LogP contribution is 2.31. The third kappa shape index (κ3) is 3.19. The van der Waals surface area contributed by atoms with Gasteiger partial charge in [0.1, 0.15) is 0 Å². The van der Waals surface area contributed by atoms with Crippen molar-refractivity contribution in [1.29, 1.82) is 0 Å². The van der Waals surface area contributed by atoms with Gasteiger partial charge in [0.25, 0.3) is 0 Å². The Morgan fingerprint density at radius 2 is 1.14 bits per heavy atom. The molecule has 0 saturated carbocycles. The number of allylic oxidation sites excluding steroid dienone is 4. The van der Waals surface area contributed by atoms with Gasteiger partial charge in [-0.25, -0.2) is 0 Å². The summed E-state index contributed by atoms with van der Waals surface area (Å²) in [5.74, 6) is 1.23. The Kier molecular flexibility index (Phi) is 6.61. The van der Waals surface area contributed by atoms with Crippen LogP contribution < -0.4 is 0 Å². The SMILES string of the molecule is BrCC1=CC(CBr)C(CBr)C=C1CBr. The average molecular weight is 452 g/mol. The van der Waals surface area contributed by atoms with Crippen LogP contribution in [0.3, 0.4) is 0 Å². The van der Waals surface area contributed by atoms with E-state index in [1.54, 1.807) is 0 Å². The molecule has 2 atom stereocenters. The molecule has 80 valence electrons. The molecule has 14 heavy (non-hydrogen) atoms. The Balaban J connectivity index is 2.87. The molecule has 0 nitrogen and oxygen atoms in total. The van der Waals surface area contributed by atoms with E-state index in [4.69, 9.17) is 0 Å². The fraction of sp³-hybridized carbons (Fsp3) is 0.600. The van der Waals surface area contributed by atoms with Crippen molar-refractivity contribution in [2.75, 3.05) is 21.3 Å². The van der Waals surface area contributed by atoms with E-state index in [9.17, 15) is 0 Å². The average Bonchev–Trinajstić information content (AvgIpc) is 2.26. The second-order valence-corrected chi connectivity index (χ2v) is 5.70. The van der Waals surface area contributed by atoms with E-state index in [2.05, 4.69) is 75.9 Å². The van der Waals surface area contributed by atoms with Crippen molar-refractivity contribution in [1.82, 2.24) is 0 Å². The molecule has 1 aliphatic carbocycles. The molecule has 2 unspecified atom stereocenters. The van der Waals surface area contributed by atoms with Gasteiger partial charge in [0.15, 0.2) is 0 Å². The van der Waals surface area contributed by atoms with Crippen molar-refractivity contribution in [2.45, 2.75) is 0 Å². The minimum Gasteiger partial charge on any atom is -0.0921 e. The van der Waals surface area contributed by atoms with Crippen LogP contribution in [-0.4, -0.2) is 21.3 Å². The van der Waals surface area contributed by atoms with Gasteiger partial charge in [-0.1, -0.05) is 75.9 Å². The predicted molar refractivity (Wildman–Crippen MR) is 78.3 cm³/mol. The highest BCUT2D eigenvalue weighted by molar-refractivity contribution is 9.09. The lowest BCUT2D eigenvalue weighted by atomic mass is 9.85. The molecule has 0 fully saturated rings. The van der Waals surface area contributed by atoms with E-state index in [-0.39, 0.29) is 0 Å². The fourth-order valence-corrected chi connectivity index (χ4v) is 3.98. The summed E-state index contributed by atoms with van der Waals surface area (Å²) in [5, 5.41) is 3.96. The van der Waals surface area contributed by atoms with Gasteiger partial charge in [-0.2, -0.15) is 0 Å². The Bertz CT molecular complexity index is 219. The summed E-state index contributed by atoms with van der Waals surface area (Å²) in [7, 11) is 0. The molecular formula is C10H12Br4. The molecule has 0 spiro atoms. The van der Waals surface area contributed by atoms with Gasteiger partial charge in [0.05, 0.1) is 0 Å². The minimum absolute atomic E-state index is 0.615. The first-order chi connectivity index (χ1) is 6.76. The molecule has 0 aliphatic heterocycles.